The van der Waals surface area contributed by atoms with Crippen molar-refractivity contribution in [1.29, 1.82) is 0 Å². The summed E-state index contributed by atoms with van der Waals surface area (Å²) in [6, 6.07) is 15.5. The minimum Gasteiger partial charge on any atom is -0.497 e. The Bertz CT molecular complexity index is 608. The molecule has 21 heavy (non-hydrogen) atoms. The molecule has 0 fully saturated rings. The molecule has 0 radical (unpaired) electrons. The van der Waals surface area contributed by atoms with E-state index >= 15 is 0 Å². The molecular weight excluding hydrogens is 264 g/mol. The second kappa shape index (κ2) is 6.90. The number of nitrogens with one attached hydrogen (secondary N) is 1. The largest absolute Gasteiger partial charge is 0.497 e. The molecule has 3 N–H and O–H groups in total. The Labute approximate surface area is 124 Å². The van der Waals surface area contributed by atoms with Crippen LogP contribution in [0.5, 0.6) is 5.75 Å². The van der Waals surface area contributed by atoms with Gasteiger partial charge >= 0.3 is 0 Å². The molecule has 4 nitrogen and oxygen atoms in total. The molecule has 0 aliphatic rings. The van der Waals surface area contributed by atoms with Crippen molar-refractivity contribution in [2.24, 2.45) is 5.73 Å². The molecule has 0 saturated carbocycles. The van der Waals surface area contributed by atoms with Gasteiger partial charge in [-0.25, -0.2) is 0 Å². The Morgan fingerprint density at radius 1 is 1.24 bits per heavy atom. The number of hydrogen-bond donors (Lipinski definition) is 2. The van der Waals surface area contributed by atoms with Crippen LogP contribution in [0.4, 0.5) is 0 Å². The average molecular weight is 284 g/mol. The highest BCUT2D eigenvalue weighted by Gasteiger charge is 2.06. The van der Waals surface area contributed by atoms with Crippen LogP contribution < -0.4 is 15.8 Å². The summed E-state index contributed by atoms with van der Waals surface area (Å²) in [4.78, 5) is 11.0. The van der Waals surface area contributed by atoms with Crippen LogP contribution in [-0.2, 0) is 6.54 Å². The zero-order chi connectivity index (χ0) is 15.2. The Kier molecular flexibility index (Phi) is 4.95. The molecule has 0 heterocycles. The summed E-state index contributed by atoms with van der Waals surface area (Å²) >= 11 is 0. The maximum atomic E-state index is 11.0. The Balaban J connectivity index is 1.96. The number of rotatable bonds is 6. The Morgan fingerprint density at radius 3 is 2.57 bits per heavy atom. The van der Waals surface area contributed by atoms with Crippen molar-refractivity contribution in [2.45, 2.75) is 19.5 Å². The van der Waals surface area contributed by atoms with Gasteiger partial charge in [0.25, 0.3) is 0 Å². The molecule has 0 spiro atoms. The van der Waals surface area contributed by atoms with Crippen molar-refractivity contribution >= 4 is 5.91 Å². The van der Waals surface area contributed by atoms with E-state index in [9.17, 15) is 4.79 Å². The van der Waals surface area contributed by atoms with Crippen LogP contribution in [0.2, 0.25) is 0 Å². The van der Waals surface area contributed by atoms with Gasteiger partial charge in [-0.05, 0) is 42.3 Å². The molecule has 1 atom stereocenters. The third kappa shape index (κ3) is 4.07. The summed E-state index contributed by atoms with van der Waals surface area (Å²) in [6.07, 6.45) is 0. The summed E-state index contributed by atoms with van der Waals surface area (Å²) in [5.41, 5.74) is 8.03. The molecular formula is C17H20N2O2. The first kappa shape index (κ1) is 15.1. The second-order valence-electron chi connectivity index (χ2n) is 4.94. The quantitative estimate of drug-likeness (QED) is 0.857. The maximum absolute atomic E-state index is 11.0. The number of primary amides is 1. The molecule has 1 amide bonds. The van der Waals surface area contributed by atoms with E-state index in [4.69, 9.17) is 10.5 Å². The van der Waals surface area contributed by atoms with Crippen molar-refractivity contribution in [3.05, 3.63) is 65.2 Å². The van der Waals surface area contributed by atoms with E-state index < -0.39 is 5.91 Å². The van der Waals surface area contributed by atoms with Crippen LogP contribution in [-0.4, -0.2) is 13.0 Å². The van der Waals surface area contributed by atoms with Crippen LogP contribution in [0, 0.1) is 0 Å². The SMILES string of the molecule is COc1cccc([C@H](C)NCc2ccc(C(N)=O)cc2)c1. The molecule has 0 aromatic heterocycles. The van der Waals surface area contributed by atoms with Gasteiger partial charge in [0.1, 0.15) is 5.75 Å². The zero-order valence-corrected chi connectivity index (χ0v) is 12.3. The lowest BCUT2D eigenvalue weighted by Crippen LogP contribution is -2.18. The molecule has 2 aromatic rings. The molecule has 0 aliphatic heterocycles. The van der Waals surface area contributed by atoms with Gasteiger partial charge in [0.2, 0.25) is 5.91 Å². The highest BCUT2D eigenvalue weighted by molar-refractivity contribution is 5.92. The maximum Gasteiger partial charge on any atom is 0.248 e. The Morgan fingerprint density at radius 2 is 1.95 bits per heavy atom. The summed E-state index contributed by atoms with van der Waals surface area (Å²) in [5.74, 6) is 0.450. The predicted molar refractivity (Wildman–Crippen MR) is 83.2 cm³/mol. The van der Waals surface area contributed by atoms with Gasteiger partial charge in [-0.3, -0.25) is 4.79 Å². The van der Waals surface area contributed by atoms with Gasteiger partial charge in [-0.1, -0.05) is 24.3 Å². The number of ether oxygens (including phenoxy) is 1. The zero-order valence-electron chi connectivity index (χ0n) is 12.3. The van der Waals surface area contributed by atoms with Crippen LogP contribution in [0.15, 0.2) is 48.5 Å². The molecule has 2 rings (SSSR count). The van der Waals surface area contributed by atoms with E-state index in [0.717, 1.165) is 17.9 Å². The van der Waals surface area contributed by atoms with Gasteiger partial charge in [-0.15, -0.1) is 0 Å². The van der Waals surface area contributed by atoms with E-state index in [1.54, 1.807) is 19.2 Å². The lowest BCUT2D eigenvalue weighted by Gasteiger charge is -2.15. The van der Waals surface area contributed by atoms with Gasteiger partial charge in [0.05, 0.1) is 7.11 Å². The average Bonchev–Trinajstić information content (AvgIpc) is 2.53. The van der Waals surface area contributed by atoms with Crippen molar-refractivity contribution in [3.8, 4) is 5.75 Å². The number of hydrogen-bond acceptors (Lipinski definition) is 3. The monoisotopic (exact) mass is 284 g/mol. The minimum absolute atomic E-state index is 0.205. The molecule has 0 unspecified atom stereocenters. The number of methoxy groups -OCH3 is 1. The van der Waals surface area contributed by atoms with Gasteiger partial charge in [0, 0.05) is 18.2 Å². The van der Waals surface area contributed by atoms with E-state index in [0.29, 0.717) is 5.56 Å². The first-order chi connectivity index (χ1) is 10.1. The molecule has 0 aliphatic carbocycles. The molecule has 2 aromatic carbocycles. The fourth-order valence-corrected chi connectivity index (χ4v) is 2.09. The van der Waals surface area contributed by atoms with E-state index in [1.165, 1.54) is 5.56 Å². The van der Waals surface area contributed by atoms with Gasteiger partial charge in [-0.2, -0.15) is 0 Å². The minimum atomic E-state index is -0.403. The van der Waals surface area contributed by atoms with E-state index in [1.807, 2.05) is 30.3 Å². The first-order valence-corrected chi connectivity index (χ1v) is 6.86. The summed E-state index contributed by atoms with van der Waals surface area (Å²) in [6.45, 7) is 2.82. The number of carbonyl (C=O) groups excluding carboxylic acids is 1. The van der Waals surface area contributed by atoms with E-state index in [2.05, 4.69) is 18.3 Å². The van der Waals surface area contributed by atoms with Crippen molar-refractivity contribution in [1.82, 2.24) is 5.32 Å². The number of carbonyl (C=O) groups is 1. The van der Waals surface area contributed by atoms with Gasteiger partial charge in [0.15, 0.2) is 0 Å². The smallest absolute Gasteiger partial charge is 0.248 e. The highest BCUT2D eigenvalue weighted by atomic mass is 16.5. The Hall–Kier alpha value is -2.33. The van der Waals surface area contributed by atoms with Crippen LogP contribution in [0.25, 0.3) is 0 Å². The van der Waals surface area contributed by atoms with Crippen LogP contribution in [0.3, 0.4) is 0 Å². The second-order valence-corrected chi connectivity index (χ2v) is 4.94. The van der Waals surface area contributed by atoms with Crippen molar-refractivity contribution in [2.75, 3.05) is 7.11 Å². The van der Waals surface area contributed by atoms with Crippen molar-refractivity contribution < 1.29 is 9.53 Å². The lowest BCUT2D eigenvalue weighted by molar-refractivity contribution is 0.100. The topological polar surface area (TPSA) is 64.3 Å². The van der Waals surface area contributed by atoms with Gasteiger partial charge < -0.3 is 15.8 Å². The number of nitrogens with two attached hydrogens (primary N) is 1. The molecule has 0 saturated heterocycles. The standard InChI is InChI=1S/C17H20N2O2/c1-12(15-4-3-5-16(10-15)21-2)19-11-13-6-8-14(9-7-13)17(18)20/h3-10,12,19H,11H2,1-2H3,(H2,18,20)/t12-/m0/s1. The van der Waals surface area contributed by atoms with Crippen molar-refractivity contribution in [3.63, 3.8) is 0 Å². The molecule has 110 valence electrons. The molecule has 0 bridgehead atoms. The fraction of sp³-hybridized carbons (Fsp3) is 0.235. The predicted octanol–water partition coefficient (Wildman–Crippen LogP) is 2.64. The normalized spacial score (nSPS) is 11.9. The lowest BCUT2D eigenvalue weighted by atomic mass is 10.1. The third-order valence-corrected chi connectivity index (χ3v) is 3.44. The third-order valence-electron chi connectivity index (χ3n) is 3.44. The number of amides is 1. The van der Waals surface area contributed by atoms with Crippen LogP contribution in [0.1, 0.15) is 34.5 Å². The first-order valence-electron chi connectivity index (χ1n) is 6.86. The fourth-order valence-electron chi connectivity index (χ4n) is 2.09. The van der Waals surface area contributed by atoms with Crippen LogP contribution >= 0.6 is 0 Å². The summed E-state index contributed by atoms with van der Waals surface area (Å²) in [7, 11) is 1.66. The summed E-state index contributed by atoms with van der Waals surface area (Å²) < 4.78 is 5.23. The number of benzene rings is 2. The highest BCUT2D eigenvalue weighted by Crippen LogP contribution is 2.19. The summed E-state index contributed by atoms with van der Waals surface area (Å²) in [5, 5.41) is 3.44. The molecule has 4 heteroatoms. The van der Waals surface area contributed by atoms with E-state index in [-0.39, 0.29) is 6.04 Å².